The van der Waals surface area contributed by atoms with E-state index in [1.807, 2.05) is 11.6 Å². The fraction of sp³-hybridized carbons (Fsp3) is 0.688. The van der Waals surface area contributed by atoms with Gasteiger partial charge in [0.2, 0.25) is 5.95 Å². The molecule has 0 saturated heterocycles. The van der Waals surface area contributed by atoms with Gasteiger partial charge < -0.3 is 10.1 Å². The van der Waals surface area contributed by atoms with Crippen molar-refractivity contribution in [1.82, 2.24) is 14.8 Å². The second-order valence-corrected chi connectivity index (χ2v) is 6.04. The molecule has 3 rings (SSSR count). The minimum Gasteiger partial charge on any atom is -0.463 e. The number of esters is 1. The molecule has 1 aliphatic carbocycles. The first-order chi connectivity index (χ1) is 10.7. The van der Waals surface area contributed by atoms with Gasteiger partial charge in [0.05, 0.1) is 12.2 Å². The molecule has 1 spiro atoms. The van der Waals surface area contributed by atoms with Crippen LogP contribution in [-0.4, -0.2) is 27.3 Å². The lowest BCUT2D eigenvalue weighted by Crippen LogP contribution is -2.46. The van der Waals surface area contributed by atoms with E-state index in [1.165, 1.54) is 6.42 Å². The molecular formula is C16H24N4O2. The largest absolute Gasteiger partial charge is 0.463 e. The molecule has 1 aliphatic heterocycles. The summed E-state index contributed by atoms with van der Waals surface area (Å²) in [5, 5.41) is 7.73. The van der Waals surface area contributed by atoms with Crippen LogP contribution in [0.4, 0.5) is 5.95 Å². The summed E-state index contributed by atoms with van der Waals surface area (Å²) in [6, 6.07) is 0. The molecule has 0 amide bonds. The van der Waals surface area contributed by atoms with E-state index in [1.54, 1.807) is 6.33 Å². The van der Waals surface area contributed by atoms with Crippen molar-refractivity contribution in [2.24, 2.45) is 0 Å². The number of carbonyl (C=O) groups is 1. The summed E-state index contributed by atoms with van der Waals surface area (Å²) >= 11 is 0. The molecule has 0 aromatic carbocycles. The monoisotopic (exact) mass is 304 g/mol. The number of fused-ring (bicyclic) bond motifs is 2. The molecule has 1 saturated carbocycles. The van der Waals surface area contributed by atoms with E-state index in [0.29, 0.717) is 6.61 Å². The second kappa shape index (κ2) is 6.10. The molecule has 0 atom stereocenters. The molecule has 6 heteroatoms. The molecule has 1 aromatic heterocycles. The summed E-state index contributed by atoms with van der Waals surface area (Å²) in [4.78, 5) is 17.0. The summed E-state index contributed by atoms with van der Waals surface area (Å²) in [6.07, 6.45) is 8.61. The Morgan fingerprint density at radius 3 is 2.82 bits per heavy atom. The van der Waals surface area contributed by atoms with E-state index in [0.717, 1.165) is 55.7 Å². The van der Waals surface area contributed by atoms with Crippen molar-refractivity contribution >= 4 is 11.9 Å². The zero-order valence-electron chi connectivity index (χ0n) is 13.4. The number of carbonyl (C=O) groups excluding carboxylic acids is 1. The normalized spacial score (nSPS) is 19.7. The number of nitrogens with one attached hydrogen (secondary N) is 1. The fourth-order valence-corrected chi connectivity index (χ4v) is 3.78. The molecule has 0 unspecified atom stereocenters. The lowest BCUT2D eigenvalue weighted by molar-refractivity contribution is -0.140. The van der Waals surface area contributed by atoms with Crippen LogP contribution >= 0.6 is 0 Å². The maximum absolute atomic E-state index is 12.7. The number of rotatable bonds is 4. The number of ether oxygens (including phenoxy) is 1. The average Bonchev–Trinajstić information content (AvgIpc) is 2.98. The van der Waals surface area contributed by atoms with Gasteiger partial charge in [-0.2, -0.15) is 10.1 Å². The van der Waals surface area contributed by atoms with Crippen molar-refractivity contribution < 1.29 is 9.53 Å². The molecule has 0 bridgehead atoms. The summed E-state index contributed by atoms with van der Waals surface area (Å²) in [5.41, 5.74) is 1.35. The van der Waals surface area contributed by atoms with Gasteiger partial charge in [-0.15, -0.1) is 0 Å². The van der Waals surface area contributed by atoms with E-state index in [2.05, 4.69) is 22.3 Å². The second-order valence-electron chi connectivity index (χ2n) is 6.04. The molecule has 2 aliphatic rings. The van der Waals surface area contributed by atoms with E-state index in [4.69, 9.17) is 4.74 Å². The topological polar surface area (TPSA) is 69.0 Å². The van der Waals surface area contributed by atoms with Crippen molar-refractivity contribution in [3.63, 3.8) is 0 Å². The van der Waals surface area contributed by atoms with Crippen molar-refractivity contribution in [2.75, 3.05) is 11.9 Å². The molecule has 2 heterocycles. The van der Waals surface area contributed by atoms with E-state index in [-0.39, 0.29) is 11.5 Å². The first kappa shape index (κ1) is 15.1. The molecule has 1 aromatic rings. The van der Waals surface area contributed by atoms with Crippen LogP contribution in [0.3, 0.4) is 0 Å². The Morgan fingerprint density at radius 2 is 2.14 bits per heavy atom. The minimum absolute atomic E-state index is 0.207. The highest BCUT2D eigenvalue weighted by molar-refractivity contribution is 5.92. The summed E-state index contributed by atoms with van der Waals surface area (Å²) < 4.78 is 7.29. The quantitative estimate of drug-likeness (QED) is 0.866. The van der Waals surface area contributed by atoms with Gasteiger partial charge in [-0.05, 0) is 26.2 Å². The number of nitrogens with zero attached hydrogens (tertiary/aromatic N) is 3. The van der Waals surface area contributed by atoms with Gasteiger partial charge >= 0.3 is 5.97 Å². The summed E-state index contributed by atoms with van der Waals surface area (Å²) in [6.45, 7) is 4.36. The van der Waals surface area contributed by atoms with Crippen molar-refractivity contribution in [3.05, 3.63) is 17.6 Å². The van der Waals surface area contributed by atoms with Gasteiger partial charge in [0, 0.05) is 5.70 Å². The third-order valence-electron chi connectivity index (χ3n) is 4.64. The Morgan fingerprint density at radius 1 is 1.36 bits per heavy atom. The Labute approximate surface area is 130 Å². The summed E-state index contributed by atoms with van der Waals surface area (Å²) in [5.74, 6) is 0.542. The van der Waals surface area contributed by atoms with Crippen LogP contribution in [0, 0.1) is 0 Å². The van der Waals surface area contributed by atoms with E-state index < -0.39 is 0 Å². The number of aromatic nitrogens is 3. The molecule has 22 heavy (non-hydrogen) atoms. The predicted octanol–water partition coefficient (Wildman–Crippen LogP) is 2.98. The first-order valence-corrected chi connectivity index (χ1v) is 8.31. The Kier molecular flexibility index (Phi) is 4.18. The Hall–Kier alpha value is -1.85. The zero-order valence-corrected chi connectivity index (χ0v) is 13.4. The molecule has 1 fully saturated rings. The van der Waals surface area contributed by atoms with E-state index in [9.17, 15) is 4.79 Å². The highest BCUT2D eigenvalue weighted by atomic mass is 16.5. The van der Waals surface area contributed by atoms with Gasteiger partial charge in [-0.1, -0.05) is 32.6 Å². The third kappa shape index (κ3) is 2.30. The average molecular weight is 304 g/mol. The molecule has 120 valence electrons. The van der Waals surface area contributed by atoms with Crippen LogP contribution in [0.25, 0.3) is 0 Å². The van der Waals surface area contributed by atoms with Crippen molar-refractivity contribution in [3.8, 4) is 0 Å². The highest BCUT2D eigenvalue weighted by Gasteiger charge is 2.47. The number of hydrogen-bond acceptors (Lipinski definition) is 5. The van der Waals surface area contributed by atoms with Crippen LogP contribution in [-0.2, 0) is 15.1 Å². The first-order valence-electron chi connectivity index (χ1n) is 8.31. The molecule has 1 N–H and O–H groups in total. The fourth-order valence-electron chi connectivity index (χ4n) is 3.78. The highest BCUT2D eigenvalue weighted by Crippen LogP contribution is 2.46. The van der Waals surface area contributed by atoms with Crippen molar-refractivity contribution in [2.45, 2.75) is 64.3 Å². The van der Waals surface area contributed by atoms with Gasteiger partial charge in [0.1, 0.15) is 11.9 Å². The van der Waals surface area contributed by atoms with E-state index >= 15 is 0 Å². The van der Waals surface area contributed by atoms with Gasteiger partial charge in [-0.25, -0.2) is 9.48 Å². The number of anilines is 1. The Bertz CT molecular complexity index is 585. The number of allylic oxidation sites excluding steroid dienone is 1. The van der Waals surface area contributed by atoms with Crippen LogP contribution in [0.2, 0.25) is 0 Å². The smallest absolute Gasteiger partial charge is 0.338 e. The molecule has 0 radical (unpaired) electrons. The van der Waals surface area contributed by atoms with Crippen LogP contribution in [0.5, 0.6) is 0 Å². The van der Waals surface area contributed by atoms with Gasteiger partial charge in [0.25, 0.3) is 0 Å². The zero-order chi connectivity index (χ0) is 15.6. The van der Waals surface area contributed by atoms with Crippen LogP contribution in [0.1, 0.15) is 58.8 Å². The maximum atomic E-state index is 12.7. The SMILES string of the molecule is CCCC1=C(C(=O)OCC)C2(CCCCC2)n2ncnc2N1. The van der Waals surface area contributed by atoms with Gasteiger partial charge in [0.15, 0.2) is 0 Å². The minimum atomic E-state index is -0.383. The third-order valence-corrected chi connectivity index (χ3v) is 4.64. The standard InChI is InChI=1S/C16H24N4O2/c1-3-8-12-13(14(21)22-4-2)16(9-6-5-7-10-16)20-15(19-12)17-11-18-20/h11H,3-10H2,1-2H3,(H,17,18,19). The van der Waals surface area contributed by atoms with Crippen molar-refractivity contribution in [1.29, 1.82) is 0 Å². The summed E-state index contributed by atoms with van der Waals surface area (Å²) in [7, 11) is 0. The Balaban J connectivity index is 2.13. The van der Waals surface area contributed by atoms with Gasteiger partial charge in [-0.3, -0.25) is 0 Å². The van der Waals surface area contributed by atoms with Crippen LogP contribution < -0.4 is 5.32 Å². The molecule has 6 nitrogen and oxygen atoms in total. The lowest BCUT2D eigenvalue weighted by atomic mass is 9.74. The predicted molar refractivity (Wildman–Crippen MR) is 83.3 cm³/mol. The lowest BCUT2D eigenvalue weighted by Gasteiger charge is -2.42. The number of hydrogen-bond donors (Lipinski definition) is 1. The maximum Gasteiger partial charge on any atom is 0.338 e. The molecular weight excluding hydrogens is 280 g/mol. The van der Waals surface area contributed by atoms with Crippen LogP contribution in [0.15, 0.2) is 17.6 Å².